The minimum absolute atomic E-state index is 0.0863. The van der Waals surface area contributed by atoms with Crippen molar-refractivity contribution in [3.05, 3.63) is 35.6 Å². The Morgan fingerprint density at radius 3 is 2.33 bits per heavy atom. The van der Waals surface area contributed by atoms with Gasteiger partial charge < -0.3 is 32.1 Å². The summed E-state index contributed by atoms with van der Waals surface area (Å²) in [5, 5.41) is 24.0. The molecule has 0 saturated heterocycles. The van der Waals surface area contributed by atoms with E-state index in [4.69, 9.17) is 11.5 Å². The van der Waals surface area contributed by atoms with Gasteiger partial charge in [-0.25, -0.2) is 4.39 Å². The minimum atomic E-state index is -1.82. The normalized spacial score (nSPS) is 14.1. The summed E-state index contributed by atoms with van der Waals surface area (Å²) in [6.07, 6.45) is 2.02. The van der Waals surface area contributed by atoms with E-state index in [0.29, 0.717) is 24.9 Å². The molecule has 0 radical (unpaired) electrons. The minimum Gasteiger partial charge on any atom is -0.426 e. The molecule has 27 heavy (non-hydrogen) atoms. The zero-order valence-electron chi connectivity index (χ0n) is 15.4. The number of amides is 2. The van der Waals surface area contributed by atoms with Gasteiger partial charge in [0.2, 0.25) is 11.8 Å². The smallest absolute Gasteiger partial charge is 0.426 e. The first kappa shape index (κ1) is 23.0. The van der Waals surface area contributed by atoms with Crippen molar-refractivity contribution >= 4 is 18.9 Å². The van der Waals surface area contributed by atoms with Crippen LogP contribution in [0, 0.1) is 5.82 Å². The SMILES string of the molecule is C[C@H](NC(=O)[C@@H](N)CCCCN)C(=O)N[C@@H](Cc1ccc(F)cc1)B(O)O. The lowest BCUT2D eigenvalue weighted by Crippen LogP contribution is -2.55. The molecule has 1 aromatic rings. The van der Waals surface area contributed by atoms with Crippen LogP contribution in [0.3, 0.4) is 0 Å². The fourth-order valence-electron chi connectivity index (χ4n) is 2.44. The summed E-state index contributed by atoms with van der Waals surface area (Å²) in [6, 6.07) is 3.81. The van der Waals surface area contributed by atoms with E-state index in [9.17, 15) is 24.0 Å². The average molecular weight is 382 g/mol. The van der Waals surface area contributed by atoms with Crippen molar-refractivity contribution < 1.29 is 24.0 Å². The lowest BCUT2D eigenvalue weighted by molar-refractivity contribution is -0.129. The van der Waals surface area contributed by atoms with Crippen LogP contribution in [-0.2, 0) is 16.0 Å². The van der Waals surface area contributed by atoms with Crippen LogP contribution in [0.5, 0.6) is 0 Å². The summed E-state index contributed by atoms with van der Waals surface area (Å²) in [6.45, 7) is 1.99. The van der Waals surface area contributed by atoms with Gasteiger partial charge in [0.05, 0.1) is 12.0 Å². The summed E-state index contributed by atoms with van der Waals surface area (Å²) < 4.78 is 13.0. The van der Waals surface area contributed by atoms with Crippen molar-refractivity contribution in [1.82, 2.24) is 10.6 Å². The van der Waals surface area contributed by atoms with Gasteiger partial charge in [-0.3, -0.25) is 9.59 Å². The van der Waals surface area contributed by atoms with Crippen LogP contribution in [0.1, 0.15) is 31.7 Å². The maximum atomic E-state index is 13.0. The number of nitrogens with one attached hydrogen (secondary N) is 2. The van der Waals surface area contributed by atoms with Gasteiger partial charge in [-0.1, -0.05) is 18.6 Å². The highest BCUT2D eigenvalue weighted by Gasteiger charge is 2.28. The number of unbranched alkanes of at least 4 members (excludes halogenated alkanes) is 1. The number of hydrogen-bond acceptors (Lipinski definition) is 6. The topological polar surface area (TPSA) is 151 Å². The molecular formula is C17H28BFN4O4. The molecule has 0 bridgehead atoms. The summed E-state index contributed by atoms with van der Waals surface area (Å²) in [7, 11) is -1.82. The highest BCUT2D eigenvalue weighted by molar-refractivity contribution is 6.43. The molecule has 1 aromatic carbocycles. The maximum Gasteiger partial charge on any atom is 0.475 e. The van der Waals surface area contributed by atoms with Crippen molar-refractivity contribution in [3.8, 4) is 0 Å². The molecule has 0 aliphatic carbocycles. The molecule has 0 aromatic heterocycles. The zero-order valence-corrected chi connectivity index (χ0v) is 15.4. The molecule has 2 amide bonds. The number of benzene rings is 1. The Balaban J connectivity index is 2.56. The van der Waals surface area contributed by atoms with Gasteiger partial charge in [0.25, 0.3) is 0 Å². The molecule has 0 unspecified atom stereocenters. The first-order valence-electron chi connectivity index (χ1n) is 8.91. The maximum absolute atomic E-state index is 13.0. The van der Waals surface area contributed by atoms with Crippen molar-refractivity contribution in [2.75, 3.05) is 6.54 Å². The number of hydrogen-bond donors (Lipinski definition) is 6. The molecule has 8 N–H and O–H groups in total. The molecule has 1 rings (SSSR count). The summed E-state index contributed by atoms with van der Waals surface area (Å²) in [5.41, 5.74) is 11.8. The lowest BCUT2D eigenvalue weighted by Gasteiger charge is -2.22. The second kappa shape index (κ2) is 11.7. The Morgan fingerprint density at radius 1 is 1.15 bits per heavy atom. The van der Waals surface area contributed by atoms with E-state index >= 15 is 0 Å². The zero-order chi connectivity index (χ0) is 20.4. The molecule has 0 saturated carbocycles. The molecule has 0 fully saturated rings. The highest BCUT2D eigenvalue weighted by Crippen LogP contribution is 2.07. The molecule has 8 nitrogen and oxygen atoms in total. The summed E-state index contributed by atoms with van der Waals surface area (Å²) in [5.74, 6) is -2.48. The third kappa shape index (κ3) is 8.48. The molecular weight excluding hydrogens is 354 g/mol. The van der Waals surface area contributed by atoms with Gasteiger partial charge in [0.15, 0.2) is 0 Å². The molecule has 0 spiro atoms. The van der Waals surface area contributed by atoms with Crippen LogP contribution in [0.2, 0.25) is 0 Å². The van der Waals surface area contributed by atoms with Crippen LogP contribution in [0.4, 0.5) is 4.39 Å². The highest BCUT2D eigenvalue weighted by atomic mass is 19.1. The summed E-state index contributed by atoms with van der Waals surface area (Å²) in [4.78, 5) is 24.3. The van der Waals surface area contributed by atoms with Crippen LogP contribution < -0.4 is 22.1 Å². The van der Waals surface area contributed by atoms with Crippen molar-refractivity contribution in [2.24, 2.45) is 11.5 Å². The first-order valence-corrected chi connectivity index (χ1v) is 8.91. The van der Waals surface area contributed by atoms with E-state index in [0.717, 1.165) is 6.42 Å². The van der Waals surface area contributed by atoms with Gasteiger partial charge in [0, 0.05) is 0 Å². The average Bonchev–Trinajstić information content (AvgIpc) is 2.62. The van der Waals surface area contributed by atoms with Crippen LogP contribution in [0.15, 0.2) is 24.3 Å². The standard InChI is InChI=1S/C17H28BFN4O4/c1-11(22-17(25)14(21)4-2-3-9-20)16(24)23-15(18(26)27)10-12-5-7-13(19)8-6-12/h5-8,11,14-15,26-27H,2-4,9-10,20-21H2,1H3,(H,22,25)(H,23,24)/t11-,14-,15-/m0/s1. The fourth-order valence-corrected chi connectivity index (χ4v) is 2.44. The van der Waals surface area contributed by atoms with E-state index in [-0.39, 0.29) is 6.42 Å². The fraction of sp³-hybridized carbons (Fsp3) is 0.529. The van der Waals surface area contributed by atoms with Crippen LogP contribution in [-0.4, -0.2) is 53.6 Å². The Bertz CT molecular complexity index is 603. The lowest BCUT2D eigenvalue weighted by atomic mass is 9.76. The molecule has 3 atom stereocenters. The number of halogens is 1. The van der Waals surface area contributed by atoms with E-state index in [1.54, 1.807) is 0 Å². The van der Waals surface area contributed by atoms with Crippen molar-refractivity contribution in [1.29, 1.82) is 0 Å². The van der Waals surface area contributed by atoms with Gasteiger partial charge in [0.1, 0.15) is 11.9 Å². The monoisotopic (exact) mass is 382 g/mol. The molecule has 0 aliphatic heterocycles. The third-order valence-electron chi connectivity index (χ3n) is 4.11. The van der Waals surface area contributed by atoms with E-state index in [1.165, 1.54) is 31.2 Å². The third-order valence-corrected chi connectivity index (χ3v) is 4.11. The van der Waals surface area contributed by atoms with Crippen molar-refractivity contribution in [2.45, 2.75) is 50.6 Å². The molecule has 0 heterocycles. The van der Waals surface area contributed by atoms with Crippen molar-refractivity contribution in [3.63, 3.8) is 0 Å². The predicted molar refractivity (Wildman–Crippen MR) is 101 cm³/mol. The van der Waals surface area contributed by atoms with Gasteiger partial charge in [-0.2, -0.15) is 0 Å². The number of nitrogens with two attached hydrogens (primary N) is 2. The van der Waals surface area contributed by atoms with Gasteiger partial charge in [-0.05, 0) is 50.4 Å². The quantitative estimate of drug-likeness (QED) is 0.210. The first-order chi connectivity index (χ1) is 12.7. The van der Waals surface area contributed by atoms with Gasteiger partial charge >= 0.3 is 7.12 Å². The largest absolute Gasteiger partial charge is 0.475 e. The number of rotatable bonds is 11. The second-order valence-corrected chi connectivity index (χ2v) is 6.48. The van der Waals surface area contributed by atoms with E-state index in [2.05, 4.69) is 10.6 Å². The Hall–Kier alpha value is -2.01. The Kier molecular flexibility index (Phi) is 9.94. The van der Waals surface area contributed by atoms with Crippen LogP contribution in [0.25, 0.3) is 0 Å². The second-order valence-electron chi connectivity index (χ2n) is 6.48. The summed E-state index contributed by atoms with van der Waals surface area (Å²) >= 11 is 0. The Morgan fingerprint density at radius 2 is 1.78 bits per heavy atom. The molecule has 0 aliphatic rings. The number of carbonyl (C=O) groups excluding carboxylic acids is 2. The predicted octanol–water partition coefficient (Wildman–Crippen LogP) is -1.17. The molecule has 150 valence electrons. The number of carbonyl (C=O) groups is 2. The van der Waals surface area contributed by atoms with E-state index < -0.39 is 42.8 Å². The van der Waals surface area contributed by atoms with Crippen LogP contribution >= 0.6 is 0 Å². The van der Waals surface area contributed by atoms with Gasteiger partial charge in [-0.15, -0.1) is 0 Å². The van der Waals surface area contributed by atoms with E-state index in [1.807, 2.05) is 0 Å². The molecule has 10 heteroatoms. The Labute approximate surface area is 158 Å².